The minimum atomic E-state index is 0.515. The van der Waals surface area contributed by atoms with Gasteiger partial charge >= 0.3 is 0 Å². The van der Waals surface area contributed by atoms with Crippen LogP contribution in [0.25, 0.3) is 0 Å². The van der Waals surface area contributed by atoms with E-state index in [1.807, 2.05) is 0 Å². The average Bonchev–Trinajstić information content (AvgIpc) is 2.46. The molecule has 0 saturated carbocycles. The molecule has 0 aliphatic carbocycles. The summed E-state index contributed by atoms with van der Waals surface area (Å²) in [6.07, 6.45) is 2.50. The molecule has 4 heteroatoms. The molecule has 1 aromatic carbocycles. The van der Waals surface area contributed by atoms with Crippen molar-refractivity contribution >= 4 is 21.6 Å². The van der Waals surface area contributed by atoms with Crippen molar-refractivity contribution in [2.24, 2.45) is 0 Å². The van der Waals surface area contributed by atoms with Crippen molar-refractivity contribution in [3.8, 4) is 0 Å². The van der Waals surface area contributed by atoms with E-state index in [9.17, 15) is 0 Å². The van der Waals surface area contributed by atoms with Gasteiger partial charge < -0.3 is 15.1 Å². The topological polar surface area (TPSA) is 18.5 Å². The molecule has 0 unspecified atom stereocenters. The molecule has 1 saturated heterocycles. The Kier molecular flexibility index (Phi) is 6.08. The highest BCUT2D eigenvalue weighted by molar-refractivity contribution is 9.10. The van der Waals surface area contributed by atoms with Gasteiger partial charge in [0.2, 0.25) is 0 Å². The minimum absolute atomic E-state index is 0.515. The Bertz CT molecular complexity index is 451. The molecule has 1 aliphatic heterocycles. The van der Waals surface area contributed by atoms with Crippen LogP contribution >= 0.6 is 15.9 Å². The van der Waals surface area contributed by atoms with E-state index < -0.39 is 0 Å². The first-order chi connectivity index (χ1) is 9.97. The fourth-order valence-corrected chi connectivity index (χ4v) is 3.34. The Morgan fingerprint density at radius 1 is 1.29 bits per heavy atom. The van der Waals surface area contributed by atoms with Crippen LogP contribution in [0.2, 0.25) is 0 Å². The molecule has 0 spiro atoms. The molecule has 0 amide bonds. The van der Waals surface area contributed by atoms with E-state index in [2.05, 4.69) is 77.2 Å². The largest absolute Gasteiger partial charge is 0.371 e. The Labute approximate surface area is 137 Å². The van der Waals surface area contributed by atoms with Crippen LogP contribution in [0.5, 0.6) is 0 Å². The molecule has 2 rings (SSSR count). The summed E-state index contributed by atoms with van der Waals surface area (Å²) in [6, 6.07) is 8.03. The van der Waals surface area contributed by atoms with E-state index in [1.165, 1.54) is 28.6 Å². The quantitative estimate of drug-likeness (QED) is 0.874. The van der Waals surface area contributed by atoms with E-state index >= 15 is 0 Å². The highest BCUT2D eigenvalue weighted by Crippen LogP contribution is 2.27. The van der Waals surface area contributed by atoms with Gasteiger partial charge in [0, 0.05) is 41.9 Å². The van der Waals surface area contributed by atoms with Crippen LogP contribution < -0.4 is 10.2 Å². The van der Waals surface area contributed by atoms with E-state index in [0.717, 1.165) is 25.7 Å². The summed E-state index contributed by atoms with van der Waals surface area (Å²) in [5.41, 5.74) is 2.67. The molecule has 0 aromatic heterocycles. The van der Waals surface area contributed by atoms with Gasteiger partial charge in [-0.1, -0.05) is 35.8 Å². The average molecular weight is 354 g/mol. The van der Waals surface area contributed by atoms with E-state index in [4.69, 9.17) is 0 Å². The number of nitrogens with zero attached hydrogens (tertiary/aromatic N) is 2. The lowest BCUT2D eigenvalue weighted by Crippen LogP contribution is -2.42. The lowest BCUT2D eigenvalue weighted by Gasteiger charge is -2.36. The molecular weight excluding hydrogens is 326 g/mol. The molecular formula is C17H28BrN3. The summed E-state index contributed by atoms with van der Waals surface area (Å²) in [7, 11) is 4.38. The summed E-state index contributed by atoms with van der Waals surface area (Å²) < 4.78 is 1.21. The zero-order valence-electron chi connectivity index (χ0n) is 13.7. The number of hydrogen-bond acceptors (Lipinski definition) is 3. The van der Waals surface area contributed by atoms with Gasteiger partial charge in [-0.25, -0.2) is 0 Å². The number of rotatable bonds is 5. The first kappa shape index (κ1) is 16.8. The molecule has 21 heavy (non-hydrogen) atoms. The smallest absolute Gasteiger partial charge is 0.0377 e. The first-order valence-corrected chi connectivity index (χ1v) is 8.70. The molecule has 0 radical (unpaired) electrons. The van der Waals surface area contributed by atoms with Crippen molar-refractivity contribution in [1.29, 1.82) is 0 Å². The molecule has 1 fully saturated rings. The van der Waals surface area contributed by atoms with Gasteiger partial charge in [0.05, 0.1) is 0 Å². The van der Waals surface area contributed by atoms with Crippen LogP contribution in [0.1, 0.15) is 32.3 Å². The third kappa shape index (κ3) is 4.70. The van der Waals surface area contributed by atoms with E-state index in [0.29, 0.717) is 6.04 Å². The van der Waals surface area contributed by atoms with Crippen molar-refractivity contribution < 1.29 is 0 Å². The van der Waals surface area contributed by atoms with Crippen LogP contribution in [-0.2, 0) is 6.54 Å². The SMILES string of the molecule is CC(C)NCc1ccc(N2CCC(N(C)C)CC2)cc1Br. The van der Waals surface area contributed by atoms with Gasteiger partial charge in [0.15, 0.2) is 0 Å². The van der Waals surface area contributed by atoms with Crippen molar-refractivity contribution in [1.82, 2.24) is 10.2 Å². The fourth-order valence-electron chi connectivity index (χ4n) is 2.83. The predicted octanol–water partition coefficient (Wildman–Crippen LogP) is 3.48. The Morgan fingerprint density at radius 2 is 1.95 bits per heavy atom. The standard InChI is InChI=1S/C17H28BrN3/c1-13(2)19-12-14-5-6-16(11-17(14)18)21-9-7-15(8-10-21)20(3)4/h5-6,11,13,15,19H,7-10,12H2,1-4H3. The van der Waals surface area contributed by atoms with Crippen molar-refractivity contribution in [2.75, 3.05) is 32.1 Å². The normalized spacial score (nSPS) is 17.0. The number of benzene rings is 1. The highest BCUT2D eigenvalue weighted by Gasteiger charge is 2.21. The number of nitrogens with one attached hydrogen (secondary N) is 1. The first-order valence-electron chi connectivity index (χ1n) is 7.90. The van der Waals surface area contributed by atoms with Crippen LogP contribution in [-0.4, -0.2) is 44.2 Å². The van der Waals surface area contributed by atoms with Gasteiger partial charge in [0.1, 0.15) is 0 Å². The van der Waals surface area contributed by atoms with Crippen molar-refractivity contribution in [3.63, 3.8) is 0 Å². The maximum Gasteiger partial charge on any atom is 0.0377 e. The van der Waals surface area contributed by atoms with E-state index in [1.54, 1.807) is 0 Å². The minimum Gasteiger partial charge on any atom is -0.371 e. The summed E-state index contributed by atoms with van der Waals surface area (Å²) in [6.45, 7) is 7.58. The Balaban J connectivity index is 1.97. The zero-order chi connectivity index (χ0) is 15.4. The molecule has 0 atom stereocenters. The Morgan fingerprint density at radius 3 is 2.48 bits per heavy atom. The number of piperidine rings is 1. The Hall–Kier alpha value is -0.580. The second-order valence-corrected chi connectivity index (χ2v) is 7.35. The van der Waals surface area contributed by atoms with Crippen molar-refractivity contribution in [2.45, 2.75) is 45.3 Å². The van der Waals surface area contributed by atoms with Gasteiger partial charge in [-0.05, 0) is 44.6 Å². The van der Waals surface area contributed by atoms with Crippen LogP contribution in [0.3, 0.4) is 0 Å². The van der Waals surface area contributed by atoms with Gasteiger partial charge in [-0.2, -0.15) is 0 Å². The molecule has 1 aliphatic rings. The van der Waals surface area contributed by atoms with E-state index in [-0.39, 0.29) is 0 Å². The van der Waals surface area contributed by atoms with Gasteiger partial charge in [-0.3, -0.25) is 0 Å². The lowest BCUT2D eigenvalue weighted by molar-refractivity contribution is 0.249. The number of anilines is 1. The summed E-state index contributed by atoms with van der Waals surface area (Å²) >= 11 is 3.72. The monoisotopic (exact) mass is 353 g/mol. The summed E-state index contributed by atoms with van der Waals surface area (Å²) in [5.74, 6) is 0. The molecule has 1 N–H and O–H groups in total. The fraction of sp³-hybridized carbons (Fsp3) is 0.647. The summed E-state index contributed by atoms with van der Waals surface area (Å²) in [4.78, 5) is 4.86. The predicted molar refractivity (Wildman–Crippen MR) is 95.0 cm³/mol. The number of hydrogen-bond donors (Lipinski definition) is 1. The lowest BCUT2D eigenvalue weighted by atomic mass is 10.0. The van der Waals surface area contributed by atoms with Crippen LogP contribution in [0.15, 0.2) is 22.7 Å². The maximum atomic E-state index is 3.72. The highest BCUT2D eigenvalue weighted by atomic mass is 79.9. The summed E-state index contributed by atoms with van der Waals surface area (Å²) in [5, 5.41) is 3.47. The third-order valence-electron chi connectivity index (χ3n) is 4.30. The number of halogens is 1. The molecule has 0 bridgehead atoms. The van der Waals surface area contributed by atoms with Crippen molar-refractivity contribution in [3.05, 3.63) is 28.2 Å². The molecule has 1 aromatic rings. The maximum absolute atomic E-state index is 3.72. The van der Waals surface area contributed by atoms with Gasteiger partial charge in [-0.15, -0.1) is 0 Å². The second-order valence-electron chi connectivity index (χ2n) is 6.49. The molecule has 118 valence electrons. The zero-order valence-corrected chi connectivity index (χ0v) is 15.3. The second kappa shape index (κ2) is 7.61. The van der Waals surface area contributed by atoms with Crippen LogP contribution in [0.4, 0.5) is 5.69 Å². The third-order valence-corrected chi connectivity index (χ3v) is 5.04. The molecule has 1 heterocycles. The van der Waals surface area contributed by atoms with Gasteiger partial charge in [0.25, 0.3) is 0 Å². The van der Waals surface area contributed by atoms with Crippen LogP contribution in [0, 0.1) is 0 Å². The molecule has 3 nitrogen and oxygen atoms in total.